The molecular formula is C23H24N2O2S. The van der Waals surface area contributed by atoms with E-state index in [1.807, 2.05) is 0 Å². The SMILES string of the molecule is CC(=O)c1ccc(NC(=O)CCSc2cc(C)c3cc(C)cc(C)c3n2)cc1. The Labute approximate surface area is 169 Å². The zero-order chi connectivity index (χ0) is 20.3. The molecule has 3 aromatic rings. The topological polar surface area (TPSA) is 59.1 Å². The molecule has 1 heterocycles. The number of benzene rings is 2. The van der Waals surface area contributed by atoms with Crippen LogP contribution in [0.2, 0.25) is 0 Å². The number of nitrogens with zero attached hydrogens (tertiary/aromatic N) is 1. The van der Waals surface area contributed by atoms with E-state index in [0.717, 1.165) is 10.5 Å². The van der Waals surface area contributed by atoms with Crippen LogP contribution in [0.5, 0.6) is 0 Å². The molecule has 0 aliphatic rings. The van der Waals surface area contributed by atoms with E-state index in [2.05, 4.69) is 44.3 Å². The highest BCUT2D eigenvalue weighted by Crippen LogP contribution is 2.27. The molecule has 0 saturated heterocycles. The van der Waals surface area contributed by atoms with E-state index in [4.69, 9.17) is 4.98 Å². The third kappa shape index (κ3) is 4.78. The second-order valence-electron chi connectivity index (χ2n) is 7.04. The Morgan fingerprint density at radius 2 is 1.71 bits per heavy atom. The van der Waals surface area contributed by atoms with Gasteiger partial charge in [0.2, 0.25) is 5.91 Å². The van der Waals surface area contributed by atoms with Crippen molar-refractivity contribution in [3.63, 3.8) is 0 Å². The normalized spacial score (nSPS) is 10.9. The highest BCUT2D eigenvalue weighted by molar-refractivity contribution is 7.99. The van der Waals surface area contributed by atoms with Gasteiger partial charge < -0.3 is 5.32 Å². The first kappa shape index (κ1) is 20.1. The molecule has 0 bridgehead atoms. The first-order chi connectivity index (χ1) is 13.3. The van der Waals surface area contributed by atoms with E-state index in [-0.39, 0.29) is 11.7 Å². The second-order valence-corrected chi connectivity index (χ2v) is 8.15. The van der Waals surface area contributed by atoms with Gasteiger partial charge in [0.25, 0.3) is 0 Å². The fraction of sp³-hybridized carbons (Fsp3) is 0.261. The summed E-state index contributed by atoms with van der Waals surface area (Å²) in [5.74, 6) is 0.616. The summed E-state index contributed by atoms with van der Waals surface area (Å²) >= 11 is 1.59. The molecule has 0 fully saturated rings. The van der Waals surface area contributed by atoms with Gasteiger partial charge in [0, 0.05) is 28.8 Å². The van der Waals surface area contributed by atoms with Gasteiger partial charge in [-0.2, -0.15) is 0 Å². The number of thioether (sulfide) groups is 1. The highest BCUT2D eigenvalue weighted by atomic mass is 32.2. The number of Topliss-reactive ketones (excluding diaryl/α,β-unsaturated/α-hetero) is 1. The molecule has 28 heavy (non-hydrogen) atoms. The number of aryl methyl sites for hydroxylation is 3. The van der Waals surface area contributed by atoms with Crippen molar-refractivity contribution in [1.82, 2.24) is 4.98 Å². The van der Waals surface area contributed by atoms with Gasteiger partial charge >= 0.3 is 0 Å². The van der Waals surface area contributed by atoms with Crippen LogP contribution in [-0.4, -0.2) is 22.4 Å². The van der Waals surface area contributed by atoms with Gasteiger partial charge in [-0.3, -0.25) is 9.59 Å². The predicted octanol–water partition coefficient (Wildman–Crippen LogP) is 5.48. The lowest BCUT2D eigenvalue weighted by Gasteiger charge is -2.10. The molecule has 4 nitrogen and oxygen atoms in total. The number of hydrogen-bond donors (Lipinski definition) is 1. The Balaban J connectivity index is 1.60. The highest BCUT2D eigenvalue weighted by Gasteiger charge is 2.09. The maximum Gasteiger partial charge on any atom is 0.225 e. The van der Waals surface area contributed by atoms with Crippen molar-refractivity contribution in [1.29, 1.82) is 0 Å². The monoisotopic (exact) mass is 392 g/mol. The van der Waals surface area contributed by atoms with Crippen LogP contribution < -0.4 is 5.32 Å². The standard InChI is InChI=1S/C23H24N2O2S/c1-14-11-16(3)23-20(12-14)15(2)13-22(25-23)28-10-9-21(27)24-19-7-5-18(6-8-19)17(4)26/h5-8,11-13H,9-10H2,1-4H3,(H,24,27). The van der Waals surface area contributed by atoms with Crippen molar-refractivity contribution in [2.24, 2.45) is 0 Å². The summed E-state index contributed by atoms with van der Waals surface area (Å²) < 4.78 is 0. The van der Waals surface area contributed by atoms with E-state index in [9.17, 15) is 9.59 Å². The molecule has 5 heteroatoms. The molecule has 1 N–H and O–H groups in total. The van der Waals surface area contributed by atoms with Crippen molar-refractivity contribution in [3.8, 4) is 0 Å². The van der Waals surface area contributed by atoms with Crippen LogP contribution in [0.15, 0.2) is 47.5 Å². The number of hydrogen-bond acceptors (Lipinski definition) is 4. The maximum absolute atomic E-state index is 12.2. The Morgan fingerprint density at radius 1 is 1.00 bits per heavy atom. The number of rotatable bonds is 6. The Morgan fingerprint density at radius 3 is 2.39 bits per heavy atom. The molecule has 0 aliphatic carbocycles. The quantitative estimate of drug-likeness (QED) is 0.445. The van der Waals surface area contributed by atoms with Crippen LogP contribution in [0.1, 0.15) is 40.4 Å². The number of carbonyl (C=O) groups excluding carboxylic acids is 2. The van der Waals surface area contributed by atoms with Crippen molar-refractivity contribution < 1.29 is 9.59 Å². The molecule has 0 unspecified atom stereocenters. The smallest absolute Gasteiger partial charge is 0.225 e. The first-order valence-electron chi connectivity index (χ1n) is 9.26. The summed E-state index contributed by atoms with van der Waals surface area (Å²) in [5.41, 5.74) is 5.98. The minimum absolute atomic E-state index is 0.0119. The van der Waals surface area contributed by atoms with Crippen LogP contribution in [0.4, 0.5) is 5.69 Å². The Hall–Kier alpha value is -2.66. The van der Waals surface area contributed by atoms with Gasteiger partial charge in [-0.15, -0.1) is 11.8 Å². The summed E-state index contributed by atoms with van der Waals surface area (Å²) in [6, 6.07) is 13.3. The van der Waals surface area contributed by atoms with Gasteiger partial charge in [0.1, 0.15) is 0 Å². The second kappa shape index (κ2) is 8.57. The van der Waals surface area contributed by atoms with Crippen molar-refractivity contribution >= 4 is 40.0 Å². The average Bonchev–Trinajstić information content (AvgIpc) is 2.63. The molecule has 2 aromatic carbocycles. The molecule has 0 radical (unpaired) electrons. The minimum atomic E-state index is -0.0487. The molecular weight excluding hydrogens is 368 g/mol. The number of amides is 1. The Bertz CT molecular complexity index is 1040. The molecule has 0 aliphatic heterocycles. The zero-order valence-corrected chi connectivity index (χ0v) is 17.4. The Kier molecular flexibility index (Phi) is 6.15. The van der Waals surface area contributed by atoms with Crippen molar-refractivity contribution in [2.45, 2.75) is 39.1 Å². The molecule has 0 spiro atoms. The summed E-state index contributed by atoms with van der Waals surface area (Å²) in [6.07, 6.45) is 0.394. The summed E-state index contributed by atoms with van der Waals surface area (Å²) in [6.45, 7) is 7.81. The molecule has 0 atom stereocenters. The number of carbonyl (C=O) groups is 2. The lowest BCUT2D eigenvalue weighted by Crippen LogP contribution is -2.12. The average molecular weight is 393 g/mol. The number of nitrogens with one attached hydrogen (secondary N) is 1. The van der Waals surface area contributed by atoms with E-state index < -0.39 is 0 Å². The maximum atomic E-state index is 12.2. The minimum Gasteiger partial charge on any atom is -0.326 e. The van der Waals surface area contributed by atoms with Gasteiger partial charge in [-0.05, 0) is 75.2 Å². The summed E-state index contributed by atoms with van der Waals surface area (Å²) in [7, 11) is 0. The van der Waals surface area contributed by atoms with E-state index in [1.54, 1.807) is 36.0 Å². The van der Waals surface area contributed by atoms with Crippen LogP contribution in [0.3, 0.4) is 0 Å². The lowest BCUT2D eigenvalue weighted by atomic mass is 10.0. The number of pyridine rings is 1. The lowest BCUT2D eigenvalue weighted by molar-refractivity contribution is -0.115. The predicted molar refractivity (Wildman–Crippen MR) is 116 cm³/mol. The van der Waals surface area contributed by atoms with Gasteiger partial charge in [0.15, 0.2) is 5.78 Å². The van der Waals surface area contributed by atoms with Crippen molar-refractivity contribution in [3.05, 3.63) is 64.7 Å². The molecule has 1 aromatic heterocycles. The fourth-order valence-electron chi connectivity index (χ4n) is 3.15. The number of ketones is 1. The molecule has 0 saturated carbocycles. The van der Waals surface area contributed by atoms with Crippen LogP contribution in [-0.2, 0) is 4.79 Å². The molecule has 144 valence electrons. The van der Waals surface area contributed by atoms with E-state index >= 15 is 0 Å². The fourth-order valence-corrected chi connectivity index (χ4v) is 4.06. The molecule has 1 amide bonds. The third-order valence-electron chi connectivity index (χ3n) is 4.59. The number of fused-ring (bicyclic) bond motifs is 1. The zero-order valence-electron chi connectivity index (χ0n) is 16.6. The van der Waals surface area contributed by atoms with Gasteiger partial charge in [-0.25, -0.2) is 4.98 Å². The van der Waals surface area contributed by atoms with Gasteiger partial charge in [-0.1, -0.05) is 11.6 Å². The number of anilines is 1. The third-order valence-corrected chi connectivity index (χ3v) is 5.50. The first-order valence-corrected chi connectivity index (χ1v) is 10.2. The van der Waals surface area contributed by atoms with E-state index in [1.165, 1.54) is 29.0 Å². The summed E-state index contributed by atoms with van der Waals surface area (Å²) in [4.78, 5) is 28.3. The van der Waals surface area contributed by atoms with Crippen LogP contribution in [0, 0.1) is 20.8 Å². The van der Waals surface area contributed by atoms with Crippen LogP contribution in [0.25, 0.3) is 10.9 Å². The van der Waals surface area contributed by atoms with Crippen LogP contribution >= 0.6 is 11.8 Å². The molecule has 3 rings (SSSR count). The number of aromatic nitrogens is 1. The van der Waals surface area contributed by atoms with Crippen molar-refractivity contribution in [2.75, 3.05) is 11.1 Å². The van der Waals surface area contributed by atoms with Gasteiger partial charge in [0.05, 0.1) is 10.5 Å². The van der Waals surface area contributed by atoms with E-state index in [0.29, 0.717) is 23.4 Å². The summed E-state index contributed by atoms with van der Waals surface area (Å²) in [5, 5.41) is 5.00. The largest absolute Gasteiger partial charge is 0.326 e.